The molecule has 8 nitrogen and oxygen atoms in total. The molecule has 2 amide bonds. The minimum atomic E-state index is -4.35. The standard InChI is InChI=1S/C36H39ClFN3O5S/c1-4-26(3)39-36(43)34(23-27-10-7-6-8-11-27)40(24-28-12-9-13-29(37)22-28)35(42)25-41(31-16-14-30(38)15-17-31)47(44,45)33-20-18-32(19-21-33)46-5-2/h6-22,26,34H,4-5,23-25H2,1-3H3,(H,39,43)/t26-,34+/m0/s1. The number of carbonyl (C=O) groups excluding carboxylic acids is 2. The molecule has 0 aliphatic carbocycles. The molecule has 0 spiro atoms. The maximum atomic E-state index is 14.5. The summed E-state index contributed by atoms with van der Waals surface area (Å²) in [6.45, 7) is 5.35. The van der Waals surface area contributed by atoms with Gasteiger partial charge in [0.1, 0.15) is 24.2 Å². The number of ether oxygens (including phenoxy) is 1. The van der Waals surface area contributed by atoms with Crippen LogP contribution in [0, 0.1) is 5.82 Å². The lowest BCUT2D eigenvalue weighted by Gasteiger charge is -2.34. The van der Waals surface area contributed by atoms with Crippen molar-refractivity contribution in [2.24, 2.45) is 0 Å². The van der Waals surface area contributed by atoms with E-state index in [1.54, 1.807) is 24.3 Å². The first-order valence-corrected chi connectivity index (χ1v) is 17.2. The summed E-state index contributed by atoms with van der Waals surface area (Å²) >= 11 is 6.29. The van der Waals surface area contributed by atoms with Crippen molar-refractivity contribution >= 4 is 39.1 Å². The molecule has 4 aromatic carbocycles. The Bertz CT molecular complexity index is 1740. The van der Waals surface area contributed by atoms with Gasteiger partial charge in [0, 0.05) is 24.0 Å². The minimum absolute atomic E-state index is 0.0226. The van der Waals surface area contributed by atoms with Crippen LogP contribution in [0.3, 0.4) is 0 Å². The number of sulfonamides is 1. The van der Waals surface area contributed by atoms with E-state index in [-0.39, 0.29) is 35.5 Å². The Balaban J connectivity index is 1.80. The van der Waals surface area contributed by atoms with Crippen molar-refractivity contribution in [3.63, 3.8) is 0 Å². The van der Waals surface area contributed by atoms with Gasteiger partial charge in [0.05, 0.1) is 17.2 Å². The van der Waals surface area contributed by atoms with Crippen molar-refractivity contribution in [3.8, 4) is 5.75 Å². The van der Waals surface area contributed by atoms with E-state index < -0.39 is 34.3 Å². The number of carbonyl (C=O) groups is 2. The summed E-state index contributed by atoms with van der Waals surface area (Å²) in [5, 5.41) is 3.45. The van der Waals surface area contributed by atoms with Crippen LogP contribution in [-0.4, -0.2) is 50.4 Å². The first kappa shape index (κ1) is 35.4. The highest BCUT2D eigenvalue weighted by atomic mass is 35.5. The molecule has 0 heterocycles. The fourth-order valence-electron chi connectivity index (χ4n) is 4.96. The van der Waals surface area contributed by atoms with Gasteiger partial charge in [-0.15, -0.1) is 0 Å². The van der Waals surface area contributed by atoms with Crippen LogP contribution < -0.4 is 14.4 Å². The Kier molecular flexibility index (Phi) is 12.4. The molecule has 11 heteroatoms. The topological polar surface area (TPSA) is 96.0 Å². The predicted octanol–water partition coefficient (Wildman–Crippen LogP) is 6.63. The molecule has 4 aromatic rings. The van der Waals surface area contributed by atoms with E-state index in [0.717, 1.165) is 22.0 Å². The molecule has 248 valence electrons. The van der Waals surface area contributed by atoms with E-state index in [1.165, 1.54) is 41.3 Å². The van der Waals surface area contributed by atoms with Crippen LogP contribution in [0.1, 0.15) is 38.3 Å². The normalized spacial score (nSPS) is 12.5. The smallest absolute Gasteiger partial charge is 0.264 e. The highest BCUT2D eigenvalue weighted by Crippen LogP contribution is 2.27. The second kappa shape index (κ2) is 16.4. The maximum Gasteiger partial charge on any atom is 0.264 e. The van der Waals surface area contributed by atoms with E-state index >= 15 is 0 Å². The number of anilines is 1. The van der Waals surface area contributed by atoms with Gasteiger partial charge in [0.2, 0.25) is 11.8 Å². The largest absolute Gasteiger partial charge is 0.494 e. The fraction of sp³-hybridized carbons (Fsp3) is 0.278. The van der Waals surface area contributed by atoms with Crippen LogP contribution in [0.2, 0.25) is 5.02 Å². The maximum absolute atomic E-state index is 14.5. The number of hydrogen-bond donors (Lipinski definition) is 1. The van der Waals surface area contributed by atoms with Crippen molar-refractivity contribution < 1.29 is 27.1 Å². The third kappa shape index (κ3) is 9.56. The molecule has 0 saturated heterocycles. The van der Waals surface area contributed by atoms with E-state index in [4.69, 9.17) is 16.3 Å². The van der Waals surface area contributed by atoms with Crippen LogP contribution in [0.15, 0.2) is 108 Å². The van der Waals surface area contributed by atoms with Crippen LogP contribution >= 0.6 is 11.6 Å². The Morgan fingerprint density at radius 1 is 0.894 bits per heavy atom. The quantitative estimate of drug-likeness (QED) is 0.152. The van der Waals surface area contributed by atoms with E-state index in [0.29, 0.717) is 29.4 Å². The average molecular weight is 680 g/mol. The minimum Gasteiger partial charge on any atom is -0.494 e. The Hall–Kier alpha value is -4.41. The molecule has 4 rings (SSSR count). The van der Waals surface area contributed by atoms with Gasteiger partial charge < -0.3 is 15.0 Å². The molecule has 0 radical (unpaired) electrons. The van der Waals surface area contributed by atoms with Gasteiger partial charge in [-0.2, -0.15) is 0 Å². The Labute approximate surface area is 281 Å². The van der Waals surface area contributed by atoms with Gasteiger partial charge in [0.25, 0.3) is 10.0 Å². The van der Waals surface area contributed by atoms with Crippen molar-refractivity contribution in [1.82, 2.24) is 10.2 Å². The summed E-state index contributed by atoms with van der Waals surface area (Å²) < 4.78 is 48.7. The highest BCUT2D eigenvalue weighted by molar-refractivity contribution is 7.92. The van der Waals surface area contributed by atoms with E-state index in [2.05, 4.69) is 5.32 Å². The number of benzene rings is 4. The molecular weight excluding hydrogens is 641 g/mol. The summed E-state index contributed by atoms with van der Waals surface area (Å²) in [4.78, 5) is 29.7. The molecule has 0 unspecified atom stereocenters. The van der Waals surface area contributed by atoms with Crippen molar-refractivity contribution in [2.75, 3.05) is 17.5 Å². The monoisotopic (exact) mass is 679 g/mol. The summed E-state index contributed by atoms with van der Waals surface area (Å²) in [6, 6.07) is 25.7. The first-order chi connectivity index (χ1) is 22.5. The number of amides is 2. The van der Waals surface area contributed by atoms with Gasteiger partial charge >= 0.3 is 0 Å². The van der Waals surface area contributed by atoms with Gasteiger partial charge in [-0.05, 0) is 92.1 Å². The van der Waals surface area contributed by atoms with Gasteiger partial charge in [0.15, 0.2) is 0 Å². The third-order valence-electron chi connectivity index (χ3n) is 7.63. The molecule has 0 fully saturated rings. The number of hydrogen-bond acceptors (Lipinski definition) is 5. The van der Waals surface area contributed by atoms with Gasteiger partial charge in [-0.3, -0.25) is 13.9 Å². The van der Waals surface area contributed by atoms with Crippen LogP contribution in [0.25, 0.3) is 0 Å². The molecule has 0 saturated carbocycles. The van der Waals surface area contributed by atoms with Crippen molar-refractivity contribution in [2.45, 2.75) is 57.1 Å². The molecular formula is C36H39ClFN3O5S. The number of rotatable bonds is 15. The molecule has 47 heavy (non-hydrogen) atoms. The van der Waals surface area contributed by atoms with Gasteiger partial charge in [-0.25, -0.2) is 12.8 Å². The second-order valence-corrected chi connectivity index (χ2v) is 13.4. The molecule has 0 bridgehead atoms. The SMILES string of the molecule is CCOc1ccc(S(=O)(=O)N(CC(=O)N(Cc2cccc(Cl)c2)[C@H](Cc2ccccc2)C(=O)N[C@@H](C)CC)c2ccc(F)cc2)cc1. The van der Waals surface area contributed by atoms with Crippen LogP contribution in [0.4, 0.5) is 10.1 Å². The lowest BCUT2D eigenvalue weighted by atomic mass is 10.0. The predicted molar refractivity (Wildman–Crippen MR) is 182 cm³/mol. The molecule has 0 aliphatic heterocycles. The zero-order valence-corrected chi connectivity index (χ0v) is 28.2. The molecule has 0 aromatic heterocycles. The summed E-state index contributed by atoms with van der Waals surface area (Å²) in [5.74, 6) is -1.09. The van der Waals surface area contributed by atoms with E-state index in [1.807, 2.05) is 51.1 Å². The zero-order chi connectivity index (χ0) is 34.0. The molecule has 1 N–H and O–H groups in total. The molecule has 2 atom stereocenters. The lowest BCUT2D eigenvalue weighted by molar-refractivity contribution is -0.140. The highest BCUT2D eigenvalue weighted by Gasteiger charge is 2.35. The Morgan fingerprint density at radius 2 is 1.55 bits per heavy atom. The van der Waals surface area contributed by atoms with Crippen molar-refractivity contribution in [1.29, 1.82) is 0 Å². The van der Waals surface area contributed by atoms with Crippen LogP contribution in [0.5, 0.6) is 5.75 Å². The zero-order valence-electron chi connectivity index (χ0n) is 26.6. The first-order valence-electron chi connectivity index (χ1n) is 15.4. The molecule has 0 aliphatic rings. The number of nitrogens with zero attached hydrogens (tertiary/aromatic N) is 2. The number of halogens is 2. The Morgan fingerprint density at radius 3 is 2.17 bits per heavy atom. The van der Waals surface area contributed by atoms with E-state index in [9.17, 15) is 22.4 Å². The fourth-order valence-corrected chi connectivity index (χ4v) is 6.59. The average Bonchev–Trinajstić information content (AvgIpc) is 3.06. The summed E-state index contributed by atoms with van der Waals surface area (Å²) in [5.41, 5.74) is 1.56. The third-order valence-corrected chi connectivity index (χ3v) is 9.65. The summed E-state index contributed by atoms with van der Waals surface area (Å²) in [6.07, 6.45) is 0.850. The summed E-state index contributed by atoms with van der Waals surface area (Å²) in [7, 11) is -4.35. The lowest BCUT2D eigenvalue weighted by Crippen LogP contribution is -2.54. The van der Waals surface area contributed by atoms with Crippen molar-refractivity contribution in [3.05, 3.63) is 125 Å². The van der Waals surface area contributed by atoms with Crippen LogP contribution in [-0.2, 0) is 32.6 Å². The number of nitrogens with one attached hydrogen (secondary N) is 1. The second-order valence-electron chi connectivity index (χ2n) is 11.1. The van der Waals surface area contributed by atoms with Gasteiger partial charge in [-0.1, -0.05) is 61.0 Å².